The topological polar surface area (TPSA) is 57.3 Å². The molecule has 2 heterocycles. The smallest absolute Gasteiger partial charge is 0.204 e. The zero-order valence-electron chi connectivity index (χ0n) is 10.6. The van der Waals surface area contributed by atoms with Gasteiger partial charge >= 0.3 is 0 Å². The molecule has 3 rings (SSSR count). The summed E-state index contributed by atoms with van der Waals surface area (Å²) in [6.07, 6.45) is 0. The SMILES string of the molecule is Cc1c2c(c(C)c3[nH][n+](C(C)C)nc13)=NCN=2. The van der Waals surface area contributed by atoms with Gasteiger partial charge in [-0.2, -0.15) is 0 Å². The summed E-state index contributed by atoms with van der Waals surface area (Å²) in [5, 5.41) is 9.98. The van der Waals surface area contributed by atoms with Gasteiger partial charge < -0.3 is 0 Å². The second-order valence-electron chi connectivity index (χ2n) is 4.78. The van der Waals surface area contributed by atoms with E-state index < -0.39 is 0 Å². The quantitative estimate of drug-likeness (QED) is 0.702. The minimum Gasteiger partial charge on any atom is -0.259 e. The predicted octanol–water partition coefficient (Wildman–Crippen LogP) is 0.258. The molecule has 0 spiro atoms. The molecule has 0 atom stereocenters. The van der Waals surface area contributed by atoms with E-state index in [0.29, 0.717) is 12.7 Å². The number of benzene rings is 1. The first kappa shape index (κ1) is 10.4. The number of aromatic amines is 1. The van der Waals surface area contributed by atoms with Crippen molar-refractivity contribution in [2.75, 3.05) is 6.67 Å². The molecule has 5 heteroatoms. The van der Waals surface area contributed by atoms with Gasteiger partial charge in [-0.15, -0.1) is 5.10 Å². The van der Waals surface area contributed by atoms with Crippen LogP contribution in [0.25, 0.3) is 11.0 Å². The summed E-state index contributed by atoms with van der Waals surface area (Å²) in [5.74, 6) is 0. The van der Waals surface area contributed by atoms with Crippen LogP contribution in [0.5, 0.6) is 0 Å². The van der Waals surface area contributed by atoms with Gasteiger partial charge in [0.1, 0.15) is 12.2 Å². The lowest BCUT2D eigenvalue weighted by atomic mass is 10.1. The summed E-state index contributed by atoms with van der Waals surface area (Å²) in [7, 11) is 0. The van der Waals surface area contributed by atoms with Gasteiger partial charge in [0.05, 0.1) is 10.7 Å². The number of nitrogens with one attached hydrogen (secondary N) is 1. The Morgan fingerprint density at radius 1 is 1.12 bits per heavy atom. The number of hydrogen-bond acceptors (Lipinski definition) is 3. The van der Waals surface area contributed by atoms with Crippen LogP contribution in [-0.2, 0) is 0 Å². The van der Waals surface area contributed by atoms with Crippen LogP contribution in [0.4, 0.5) is 0 Å². The van der Waals surface area contributed by atoms with Gasteiger partial charge in [0.15, 0.2) is 5.52 Å². The number of fused-ring (bicyclic) bond motifs is 2. The monoisotopic (exact) mass is 230 g/mol. The van der Waals surface area contributed by atoms with Gasteiger partial charge in [-0.3, -0.25) is 9.98 Å². The summed E-state index contributed by atoms with van der Waals surface area (Å²) in [4.78, 5) is 10.8. The van der Waals surface area contributed by atoms with Crippen molar-refractivity contribution in [1.82, 2.24) is 10.2 Å². The van der Waals surface area contributed by atoms with Crippen molar-refractivity contribution in [1.29, 1.82) is 0 Å². The van der Waals surface area contributed by atoms with E-state index >= 15 is 0 Å². The molecule has 0 bridgehead atoms. The predicted molar refractivity (Wildman–Crippen MR) is 63.3 cm³/mol. The van der Waals surface area contributed by atoms with Gasteiger partial charge in [0.25, 0.3) is 0 Å². The van der Waals surface area contributed by atoms with Crippen molar-refractivity contribution < 1.29 is 4.80 Å². The number of aryl methyl sites for hydroxylation is 2. The molecular formula is C12H16N5+. The molecule has 17 heavy (non-hydrogen) atoms. The highest BCUT2D eigenvalue weighted by atomic mass is 15.5. The van der Waals surface area contributed by atoms with E-state index in [-0.39, 0.29) is 0 Å². The highest BCUT2D eigenvalue weighted by Gasteiger charge is 2.20. The molecule has 1 aliphatic heterocycles. The molecule has 0 unspecified atom stereocenters. The maximum Gasteiger partial charge on any atom is 0.204 e. The van der Waals surface area contributed by atoms with Crippen molar-refractivity contribution in [3.8, 4) is 0 Å². The molecule has 1 aliphatic rings. The van der Waals surface area contributed by atoms with Crippen molar-refractivity contribution in [2.45, 2.75) is 33.7 Å². The summed E-state index contributed by atoms with van der Waals surface area (Å²) in [6, 6.07) is 0.324. The Morgan fingerprint density at radius 3 is 2.41 bits per heavy atom. The second-order valence-corrected chi connectivity index (χ2v) is 4.78. The van der Waals surface area contributed by atoms with E-state index in [1.54, 1.807) is 0 Å². The number of aromatic nitrogens is 3. The van der Waals surface area contributed by atoms with Gasteiger partial charge in [0.2, 0.25) is 6.04 Å². The van der Waals surface area contributed by atoms with E-state index in [1.807, 2.05) is 4.80 Å². The van der Waals surface area contributed by atoms with Crippen LogP contribution in [0.3, 0.4) is 0 Å². The fraction of sp³-hybridized carbons (Fsp3) is 0.500. The Morgan fingerprint density at radius 2 is 1.76 bits per heavy atom. The van der Waals surface area contributed by atoms with Crippen molar-refractivity contribution >= 4 is 11.0 Å². The molecule has 5 nitrogen and oxygen atoms in total. The molecule has 0 saturated heterocycles. The molecule has 2 aromatic rings. The summed E-state index contributed by atoms with van der Waals surface area (Å²) in [5.41, 5.74) is 4.36. The van der Waals surface area contributed by atoms with E-state index in [9.17, 15) is 0 Å². The Labute approximate surface area is 98.9 Å². The fourth-order valence-corrected chi connectivity index (χ4v) is 2.27. The van der Waals surface area contributed by atoms with Crippen molar-refractivity contribution in [2.24, 2.45) is 9.98 Å². The highest BCUT2D eigenvalue weighted by Crippen LogP contribution is 2.11. The lowest BCUT2D eigenvalue weighted by Crippen LogP contribution is -2.41. The molecular weight excluding hydrogens is 214 g/mol. The summed E-state index contributed by atoms with van der Waals surface area (Å²) < 4.78 is 0. The third kappa shape index (κ3) is 1.31. The first-order valence-electron chi connectivity index (χ1n) is 5.89. The van der Waals surface area contributed by atoms with E-state index in [4.69, 9.17) is 0 Å². The third-order valence-corrected chi connectivity index (χ3v) is 3.28. The molecule has 1 aromatic heterocycles. The Bertz CT molecular complexity index is 667. The maximum atomic E-state index is 4.61. The molecule has 0 fully saturated rings. The lowest BCUT2D eigenvalue weighted by Gasteiger charge is -1.95. The zero-order valence-corrected chi connectivity index (χ0v) is 10.6. The lowest BCUT2D eigenvalue weighted by molar-refractivity contribution is -0.816. The van der Waals surface area contributed by atoms with Crippen molar-refractivity contribution in [3.63, 3.8) is 0 Å². The van der Waals surface area contributed by atoms with Crippen LogP contribution in [0.15, 0.2) is 9.98 Å². The van der Waals surface area contributed by atoms with E-state index in [1.165, 1.54) is 0 Å². The number of rotatable bonds is 1. The van der Waals surface area contributed by atoms with Gasteiger partial charge in [-0.1, -0.05) is 0 Å². The minimum atomic E-state index is 0.324. The molecule has 0 radical (unpaired) electrons. The van der Waals surface area contributed by atoms with Crippen LogP contribution in [0, 0.1) is 13.8 Å². The Hall–Kier alpha value is -1.78. The largest absolute Gasteiger partial charge is 0.259 e. The number of H-pyrrole nitrogens is 1. The van der Waals surface area contributed by atoms with Crippen LogP contribution in [-0.4, -0.2) is 16.9 Å². The Balaban J connectivity index is 2.51. The molecule has 1 aromatic carbocycles. The average Bonchev–Trinajstić information content (AvgIpc) is 2.92. The average molecular weight is 230 g/mol. The van der Waals surface area contributed by atoms with Crippen molar-refractivity contribution in [3.05, 3.63) is 21.8 Å². The first-order valence-corrected chi connectivity index (χ1v) is 5.89. The summed E-state index contributed by atoms with van der Waals surface area (Å²) in [6.45, 7) is 8.91. The maximum absolute atomic E-state index is 4.61. The van der Waals surface area contributed by atoms with Gasteiger partial charge in [0, 0.05) is 30.1 Å². The third-order valence-electron chi connectivity index (χ3n) is 3.28. The standard InChI is InChI=1S/C12H16N5/c1-6(2)17-15-11-7(3)9-10(14-5-13-9)8(4)12(11)16-17/h6H,5H2,1-4H3,(H,15,16)/q+1. The fourth-order valence-electron chi connectivity index (χ4n) is 2.27. The molecule has 0 amide bonds. The van der Waals surface area contributed by atoms with Crippen LogP contribution < -0.4 is 15.5 Å². The molecule has 0 aliphatic carbocycles. The summed E-state index contributed by atoms with van der Waals surface area (Å²) >= 11 is 0. The second kappa shape index (κ2) is 3.35. The first-order chi connectivity index (χ1) is 8.09. The molecule has 1 N–H and O–H groups in total. The number of nitrogens with zero attached hydrogens (tertiary/aromatic N) is 4. The normalized spacial score (nSPS) is 13.9. The highest BCUT2D eigenvalue weighted by molar-refractivity contribution is 5.79. The Kier molecular flexibility index (Phi) is 2.05. The van der Waals surface area contributed by atoms with E-state index in [2.05, 4.69) is 47.9 Å². The van der Waals surface area contributed by atoms with Gasteiger partial charge in [-0.05, 0) is 18.6 Å². The van der Waals surface area contributed by atoms with Gasteiger partial charge in [-0.25, -0.2) is 0 Å². The van der Waals surface area contributed by atoms with E-state index in [0.717, 1.165) is 32.9 Å². The number of hydrogen-bond donors (Lipinski definition) is 1. The minimum absolute atomic E-state index is 0.324. The molecule has 0 saturated carbocycles. The van der Waals surface area contributed by atoms with Crippen LogP contribution in [0.2, 0.25) is 0 Å². The van der Waals surface area contributed by atoms with Crippen LogP contribution >= 0.6 is 0 Å². The molecule has 88 valence electrons. The van der Waals surface area contributed by atoms with Crippen LogP contribution in [0.1, 0.15) is 31.0 Å². The zero-order chi connectivity index (χ0) is 12.2.